The number of Topliss-reactive ketones (excluding diaryl/α,β-unsaturated/α-hetero) is 1. The van der Waals surface area contributed by atoms with Gasteiger partial charge in [-0.15, -0.1) is 0 Å². The number of benzene rings is 1. The van der Waals surface area contributed by atoms with Gasteiger partial charge in [0.25, 0.3) is 0 Å². The summed E-state index contributed by atoms with van der Waals surface area (Å²) in [5.41, 5.74) is 1.66. The highest BCUT2D eigenvalue weighted by molar-refractivity contribution is 6.14. The maximum atomic E-state index is 12.0. The highest BCUT2D eigenvalue weighted by Gasteiger charge is 2.60. The Balaban J connectivity index is 1.84. The number of phenols is 1. The molecule has 17 heavy (non-hydrogen) atoms. The van der Waals surface area contributed by atoms with Gasteiger partial charge in [-0.2, -0.15) is 0 Å². The number of phenolic OH excluding ortho intramolecular Hbond substituents is 1. The smallest absolute Gasteiger partial charge is 0.165 e. The van der Waals surface area contributed by atoms with Crippen molar-refractivity contribution in [2.75, 3.05) is 0 Å². The molecule has 1 saturated carbocycles. The van der Waals surface area contributed by atoms with E-state index < -0.39 is 0 Å². The van der Waals surface area contributed by atoms with E-state index in [1.807, 2.05) is 6.07 Å². The van der Waals surface area contributed by atoms with Crippen molar-refractivity contribution in [1.29, 1.82) is 0 Å². The zero-order valence-electron chi connectivity index (χ0n) is 9.31. The fraction of sp³-hybridized carbons (Fsp3) is 0.385. The maximum Gasteiger partial charge on any atom is 0.165 e. The summed E-state index contributed by atoms with van der Waals surface area (Å²) in [6.45, 7) is 0.703. The van der Waals surface area contributed by atoms with E-state index >= 15 is 0 Å². The molecule has 3 aliphatic rings. The Bertz CT molecular complexity index is 573. The molecule has 4 nitrogen and oxygen atoms in total. The fourth-order valence-corrected chi connectivity index (χ4v) is 2.93. The van der Waals surface area contributed by atoms with Crippen molar-refractivity contribution in [2.24, 2.45) is 4.99 Å². The molecule has 0 radical (unpaired) electrons. The molecule has 2 heterocycles. The predicted molar refractivity (Wildman–Crippen MR) is 62.3 cm³/mol. The molecule has 2 aliphatic heterocycles. The molecule has 86 valence electrons. The van der Waals surface area contributed by atoms with Crippen LogP contribution in [0.2, 0.25) is 0 Å². The van der Waals surface area contributed by atoms with Crippen LogP contribution in [0.4, 0.5) is 5.69 Å². The van der Waals surface area contributed by atoms with Gasteiger partial charge in [-0.1, -0.05) is 0 Å². The summed E-state index contributed by atoms with van der Waals surface area (Å²) in [7, 11) is 0. The molecule has 2 fully saturated rings. The Morgan fingerprint density at radius 2 is 2.18 bits per heavy atom. The predicted octanol–water partition coefficient (Wildman–Crippen LogP) is 1.74. The summed E-state index contributed by atoms with van der Waals surface area (Å²) in [5, 5.41) is 9.49. The van der Waals surface area contributed by atoms with Crippen molar-refractivity contribution in [3.8, 4) is 5.75 Å². The number of hydrogen-bond acceptors (Lipinski definition) is 4. The first-order valence-corrected chi connectivity index (χ1v) is 5.89. The molecule has 0 amide bonds. The molecular formula is C13H12N2O2. The number of carbonyl (C=O) groups is 1. The lowest BCUT2D eigenvalue weighted by molar-refractivity contribution is -0.121. The second-order valence-corrected chi connectivity index (χ2v) is 5.06. The summed E-state index contributed by atoms with van der Waals surface area (Å²) in [6.07, 6.45) is 2.39. The monoisotopic (exact) mass is 228 g/mol. The Labute approximate surface area is 98.6 Å². The number of nitrogens with zero attached hydrogens (tertiary/aromatic N) is 2. The largest absolute Gasteiger partial charge is 0.508 e. The number of aliphatic imine (C=N–C) groups is 1. The van der Waals surface area contributed by atoms with Gasteiger partial charge in [0.15, 0.2) is 5.78 Å². The van der Waals surface area contributed by atoms with E-state index in [1.165, 1.54) is 0 Å². The van der Waals surface area contributed by atoms with E-state index in [0.29, 0.717) is 18.7 Å². The van der Waals surface area contributed by atoms with Crippen LogP contribution in [0.3, 0.4) is 0 Å². The van der Waals surface area contributed by atoms with Gasteiger partial charge in [0, 0.05) is 12.1 Å². The highest BCUT2D eigenvalue weighted by Crippen LogP contribution is 2.50. The van der Waals surface area contributed by atoms with Gasteiger partial charge < -0.3 is 10.0 Å². The van der Waals surface area contributed by atoms with E-state index in [9.17, 15) is 9.90 Å². The number of aromatic hydroxyl groups is 1. The summed E-state index contributed by atoms with van der Waals surface area (Å²) in [5.74, 6) is 1.48. The van der Waals surface area contributed by atoms with Crippen molar-refractivity contribution in [2.45, 2.75) is 31.3 Å². The van der Waals surface area contributed by atoms with Gasteiger partial charge in [0.05, 0.1) is 12.1 Å². The van der Waals surface area contributed by atoms with Gasteiger partial charge in [-0.3, -0.25) is 4.79 Å². The minimum absolute atomic E-state index is 0.234. The Morgan fingerprint density at radius 3 is 2.94 bits per heavy atom. The van der Waals surface area contributed by atoms with Gasteiger partial charge in [-0.25, -0.2) is 4.99 Å². The van der Waals surface area contributed by atoms with Crippen molar-refractivity contribution < 1.29 is 9.90 Å². The second-order valence-electron chi connectivity index (χ2n) is 5.06. The first kappa shape index (κ1) is 9.22. The number of rotatable bonds is 0. The SMILES string of the molecule is O=C1CC2=Nc3ccc(O)cc3CN2C12CC2. The van der Waals surface area contributed by atoms with Gasteiger partial charge in [-0.05, 0) is 31.0 Å². The highest BCUT2D eigenvalue weighted by atomic mass is 16.3. The summed E-state index contributed by atoms with van der Waals surface area (Å²) in [4.78, 5) is 18.7. The van der Waals surface area contributed by atoms with Gasteiger partial charge >= 0.3 is 0 Å². The van der Waals surface area contributed by atoms with Crippen LogP contribution in [-0.4, -0.2) is 27.2 Å². The summed E-state index contributed by atoms with van der Waals surface area (Å²) in [6, 6.07) is 5.20. The van der Waals surface area contributed by atoms with Crippen LogP contribution < -0.4 is 0 Å². The molecule has 1 aliphatic carbocycles. The van der Waals surface area contributed by atoms with Crippen LogP contribution in [-0.2, 0) is 11.3 Å². The fourth-order valence-electron chi connectivity index (χ4n) is 2.93. The van der Waals surface area contributed by atoms with E-state index in [0.717, 1.165) is 29.9 Å². The Kier molecular flexibility index (Phi) is 1.46. The molecular weight excluding hydrogens is 216 g/mol. The standard InChI is InChI=1S/C13H12N2O2/c16-9-1-2-10-8(5-9)7-15-12(14-10)6-11(17)13(15)3-4-13/h1-2,5,16H,3-4,6-7H2. The third kappa shape index (κ3) is 1.07. The molecule has 1 saturated heterocycles. The number of amidine groups is 1. The van der Waals surface area contributed by atoms with Crippen LogP contribution in [0.5, 0.6) is 5.75 Å². The first-order valence-electron chi connectivity index (χ1n) is 5.89. The van der Waals surface area contributed by atoms with E-state index in [2.05, 4.69) is 9.89 Å². The lowest BCUT2D eigenvalue weighted by Gasteiger charge is -2.29. The molecule has 0 unspecified atom stereocenters. The zero-order chi connectivity index (χ0) is 11.6. The Morgan fingerprint density at radius 1 is 1.35 bits per heavy atom. The molecule has 4 rings (SSSR count). The Hall–Kier alpha value is -1.84. The van der Waals surface area contributed by atoms with Crippen LogP contribution in [0.15, 0.2) is 23.2 Å². The van der Waals surface area contributed by atoms with Crippen molar-refractivity contribution in [1.82, 2.24) is 4.90 Å². The van der Waals surface area contributed by atoms with Crippen LogP contribution in [0.25, 0.3) is 0 Å². The maximum absolute atomic E-state index is 12.0. The first-order chi connectivity index (χ1) is 8.19. The average molecular weight is 228 g/mol. The summed E-state index contributed by atoms with van der Waals surface area (Å²) < 4.78 is 0. The zero-order valence-corrected chi connectivity index (χ0v) is 9.31. The average Bonchev–Trinajstić information content (AvgIpc) is 3.05. The third-order valence-electron chi connectivity index (χ3n) is 4.03. The molecule has 1 aromatic rings. The quantitative estimate of drug-likeness (QED) is 0.736. The van der Waals surface area contributed by atoms with E-state index in [-0.39, 0.29) is 11.3 Å². The molecule has 0 bridgehead atoms. The van der Waals surface area contributed by atoms with Gasteiger partial charge in [0.1, 0.15) is 17.1 Å². The molecule has 4 heteroatoms. The van der Waals surface area contributed by atoms with Crippen LogP contribution in [0.1, 0.15) is 24.8 Å². The van der Waals surface area contributed by atoms with Crippen molar-refractivity contribution in [3.05, 3.63) is 23.8 Å². The van der Waals surface area contributed by atoms with E-state index in [4.69, 9.17) is 0 Å². The minimum atomic E-state index is -0.234. The van der Waals surface area contributed by atoms with Crippen molar-refractivity contribution in [3.63, 3.8) is 0 Å². The van der Waals surface area contributed by atoms with Crippen LogP contribution >= 0.6 is 0 Å². The molecule has 1 spiro atoms. The number of fused-ring (bicyclic) bond motifs is 3. The second kappa shape index (κ2) is 2.70. The molecule has 1 N–H and O–H groups in total. The number of carbonyl (C=O) groups excluding carboxylic acids is 1. The number of hydrogen-bond donors (Lipinski definition) is 1. The number of ketones is 1. The van der Waals surface area contributed by atoms with Crippen molar-refractivity contribution >= 4 is 17.3 Å². The van der Waals surface area contributed by atoms with E-state index in [1.54, 1.807) is 12.1 Å². The third-order valence-corrected chi connectivity index (χ3v) is 4.03. The topological polar surface area (TPSA) is 52.9 Å². The van der Waals surface area contributed by atoms with Gasteiger partial charge in [0.2, 0.25) is 0 Å². The minimum Gasteiger partial charge on any atom is -0.508 e. The van der Waals surface area contributed by atoms with Crippen LogP contribution in [0, 0.1) is 0 Å². The molecule has 1 aromatic carbocycles. The lowest BCUT2D eigenvalue weighted by Crippen LogP contribution is -2.38. The molecule has 0 aromatic heterocycles. The lowest BCUT2D eigenvalue weighted by atomic mass is 10.1. The molecule has 0 atom stereocenters. The normalized spacial score (nSPS) is 23.4. The summed E-state index contributed by atoms with van der Waals surface area (Å²) >= 11 is 0.